The van der Waals surface area contributed by atoms with Crippen LogP contribution in [0.15, 0.2) is 0 Å². The van der Waals surface area contributed by atoms with Crippen molar-refractivity contribution in [3.63, 3.8) is 0 Å². The van der Waals surface area contributed by atoms with Gasteiger partial charge in [-0.3, -0.25) is 0 Å². The van der Waals surface area contributed by atoms with Crippen LogP contribution in [0, 0.1) is 23.3 Å². The third kappa shape index (κ3) is 2.62. The quantitative estimate of drug-likeness (QED) is 0.505. The minimum absolute atomic E-state index is 3.25. The summed E-state index contributed by atoms with van der Waals surface area (Å²) in [4.78, 5) is 0. The second-order valence-electron chi connectivity index (χ2n) is 3.58. The molecule has 0 radical (unpaired) electrons. The van der Waals surface area contributed by atoms with Gasteiger partial charge >= 0.3 is 18.3 Å². The fraction of sp³-hybridized carbons (Fsp3) is 0.333. The van der Waals surface area contributed by atoms with Crippen LogP contribution < -0.4 is 0 Å². The molecule has 0 nitrogen and oxygen atoms in total. The number of hydrogen-bond acceptors (Lipinski definition) is 0. The van der Waals surface area contributed by atoms with Crippen molar-refractivity contribution < 1.29 is 52.7 Å². The first-order valence-corrected chi connectivity index (χ1v) is 4.52. The summed E-state index contributed by atoms with van der Waals surface area (Å²) in [6.07, 6.45) is -12.7. The molecule has 0 aromatic heterocycles. The van der Waals surface area contributed by atoms with E-state index in [4.69, 9.17) is 0 Å². The molecular formula is C9F12. The maximum atomic E-state index is 13.0. The van der Waals surface area contributed by atoms with E-state index in [9.17, 15) is 52.7 Å². The average Bonchev–Trinajstić information content (AvgIpc) is 2.23. The molecule has 0 saturated heterocycles. The third-order valence-electron chi connectivity index (χ3n) is 2.22. The predicted molar refractivity (Wildman–Crippen MR) is 41.2 cm³/mol. The highest BCUT2D eigenvalue weighted by Crippen LogP contribution is 2.48. The Kier molecular flexibility index (Phi) is 3.90. The van der Waals surface area contributed by atoms with E-state index in [1.807, 2.05) is 0 Å². The van der Waals surface area contributed by atoms with Crippen LogP contribution in [0.1, 0.15) is 11.1 Å². The first-order chi connectivity index (χ1) is 9.14. The molecular weight excluding hydrogens is 336 g/mol. The minimum Gasteiger partial charge on any atom is -0.203 e. The standard InChI is InChI=1S/C9F12/c10-3-1(7(14,15)9(19,20)21)4(11)6(13)2(5(3)12)8(16,17)18. The summed E-state index contributed by atoms with van der Waals surface area (Å²) in [7, 11) is 0. The zero-order valence-electron chi connectivity index (χ0n) is 9.04. The van der Waals surface area contributed by atoms with Crippen molar-refractivity contribution in [3.8, 4) is 0 Å². The lowest BCUT2D eigenvalue weighted by atomic mass is 10.0. The van der Waals surface area contributed by atoms with Gasteiger partial charge in [0.2, 0.25) is 0 Å². The van der Waals surface area contributed by atoms with Gasteiger partial charge in [-0.2, -0.15) is 35.1 Å². The molecule has 0 amide bonds. The Balaban J connectivity index is 3.84. The van der Waals surface area contributed by atoms with E-state index in [2.05, 4.69) is 0 Å². The number of benzene rings is 1. The van der Waals surface area contributed by atoms with Crippen LogP contribution >= 0.6 is 0 Å². The van der Waals surface area contributed by atoms with Crippen molar-refractivity contribution in [1.82, 2.24) is 0 Å². The zero-order chi connectivity index (χ0) is 17.0. The van der Waals surface area contributed by atoms with Crippen molar-refractivity contribution in [2.45, 2.75) is 18.3 Å². The topological polar surface area (TPSA) is 0 Å². The highest BCUT2D eigenvalue weighted by atomic mass is 19.4. The lowest BCUT2D eigenvalue weighted by Crippen LogP contribution is -2.37. The van der Waals surface area contributed by atoms with E-state index in [0.717, 1.165) is 0 Å². The van der Waals surface area contributed by atoms with Crippen molar-refractivity contribution in [2.75, 3.05) is 0 Å². The molecule has 0 N–H and O–H groups in total. The second kappa shape index (κ2) is 4.70. The fourth-order valence-corrected chi connectivity index (χ4v) is 1.30. The molecule has 1 aromatic rings. The van der Waals surface area contributed by atoms with Gasteiger partial charge in [-0.1, -0.05) is 0 Å². The van der Waals surface area contributed by atoms with Gasteiger partial charge in [0.15, 0.2) is 23.3 Å². The molecule has 0 heterocycles. The van der Waals surface area contributed by atoms with Crippen molar-refractivity contribution >= 4 is 0 Å². The van der Waals surface area contributed by atoms with E-state index < -0.39 is 52.7 Å². The SMILES string of the molecule is Fc1c(F)c(C(F)(F)C(F)(F)F)c(F)c(F)c1C(F)(F)F. The summed E-state index contributed by atoms with van der Waals surface area (Å²) < 4.78 is 149. The molecule has 0 aliphatic carbocycles. The second-order valence-corrected chi connectivity index (χ2v) is 3.58. The van der Waals surface area contributed by atoms with Crippen LogP contribution in [0.3, 0.4) is 0 Å². The molecule has 0 aliphatic rings. The molecule has 0 spiro atoms. The Morgan fingerprint density at radius 2 is 0.762 bits per heavy atom. The smallest absolute Gasteiger partial charge is 0.203 e. The van der Waals surface area contributed by atoms with E-state index in [0.29, 0.717) is 0 Å². The number of hydrogen-bond donors (Lipinski definition) is 0. The minimum atomic E-state index is -6.69. The summed E-state index contributed by atoms with van der Waals surface area (Å²) in [5, 5.41) is 0. The maximum Gasteiger partial charge on any atom is 0.458 e. The molecule has 21 heavy (non-hydrogen) atoms. The van der Waals surface area contributed by atoms with E-state index in [1.54, 1.807) is 0 Å². The maximum absolute atomic E-state index is 13.0. The summed E-state index contributed by atoms with van der Waals surface area (Å²) in [5.74, 6) is -20.2. The Bertz CT molecular complexity index is 535. The van der Waals surface area contributed by atoms with Crippen LogP contribution in [-0.4, -0.2) is 6.18 Å². The van der Waals surface area contributed by atoms with Gasteiger partial charge < -0.3 is 0 Å². The summed E-state index contributed by atoms with van der Waals surface area (Å²) >= 11 is 0. The summed E-state index contributed by atoms with van der Waals surface area (Å²) in [5.41, 5.74) is -6.74. The molecule has 0 unspecified atom stereocenters. The first-order valence-electron chi connectivity index (χ1n) is 4.52. The van der Waals surface area contributed by atoms with Gasteiger partial charge in [0.1, 0.15) is 11.1 Å². The van der Waals surface area contributed by atoms with Crippen LogP contribution in [-0.2, 0) is 12.1 Å². The first kappa shape index (κ1) is 17.4. The highest BCUT2D eigenvalue weighted by Gasteiger charge is 2.63. The third-order valence-corrected chi connectivity index (χ3v) is 2.22. The van der Waals surface area contributed by atoms with Crippen molar-refractivity contribution in [2.24, 2.45) is 0 Å². The molecule has 0 bridgehead atoms. The van der Waals surface area contributed by atoms with Crippen LogP contribution in [0.5, 0.6) is 0 Å². The average molecular weight is 336 g/mol. The lowest BCUT2D eigenvalue weighted by molar-refractivity contribution is -0.291. The highest BCUT2D eigenvalue weighted by molar-refractivity contribution is 5.35. The van der Waals surface area contributed by atoms with E-state index >= 15 is 0 Å². The Hall–Kier alpha value is -1.62. The molecule has 120 valence electrons. The fourth-order valence-electron chi connectivity index (χ4n) is 1.30. The lowest BCUT2D eigenvalue weighted by Gasteiger charge is -2.22. The predicted octanol–water partition coefficient (Wildman–Crippen LogP) is 4.92. The molecule has 1 rings (SSSR count). The van der Waals surface area contributed by atoms with Gasteiger partial charge in [0.25, 0.3) is 0 Å². The molecule has 0 aliphatic heterocycles. The van der Waals surface area contributed by atoms with Crippen molar-refractivity contribution in [1.29, 1.82) is 0 Å². The van der Waals surface area contributed by atoms with E-state index in [1.165, 1.54) is 0 Å². The molecule has 1 aromatic carbocycles. The van der Waals surface area contributed by atoms with Gasteiger partial charge in [-0.05, 0) is 0 Å². The van der Waals surface area contributed by atoms with Crippen LogP contribution in [0.4, 0.5) is 52.7 Å². The van der Waals surface area contributed by atoms with Crippen LogP contribution in [0.2, 0.25) is 0 Å². The summed E-state index contributed by atoms with van der Waals surface area (Å²) in [6, 6.07) is 0. The Morgan fingerprint density at radius 3 is 1.00 bits per heavy atom. The largest absolute Gasteiger partial charge is 0.458 e. The van der Waals surface area contributed by atoms with Crippen LogP contribution in [0.25, 0.3) is 0 Å². The summed E-state index contributed by atoms with van der Waals surface area (Å²) in [6.45, 7) is 0. The molecule has 12 heteroatoms. The Labute approximate surface area is 107 Å². The Morgan fingerprint density at radius 1 is 0.476 bits per heavy atom. The normalized spacial score (nSPS) is 13.7. The molecule has 0 fully saturated rings. The number of alkyl halides is 8. The van der Waals surface area contributed by atoms with Gasteiger partial charge in [0, 0.05) is 0 Å². The zero-order valence-corrected chi connectivity index (χ0v) is 9.04. The van der Waals surface area contributed by atoms with Gasteiger partial charge in [0.05, 0.1) is 0 Å². The number of rotatable bonds is 1. The van der Waals surface area contributed by atoms with Gasteiger partial charge in [-0.25, -0.2) is 17.6 Å². The monoisotopic (exact) mass is 336 g/mol. The van der Waals surface area contributed by atoms with Gasteiger partial charge in [-0.15, -0.1) is 0 Å². The van der Waals surface area contributed by atoms with E-state index in [-0.39, 0.29) is 0 Å². The molecule has 0 saturated carbocycles. The molecule has 0 atom stereocenters. The number of halogens is 12. The van der Waals surface area contributed by atoms with Crippen molar-refractivity contribution in [3.05, 3.63) is 34.4 Å².